The van der Waals surface area contributed by atoms with Gasteiger partial charge in [-0.1, -0.05) is 40.0 Å². The molecule has 0 heterocycles. The first-order chi connectivity index (χ1) is 9.11. The molecule has 1 unspecified atom stereocenters. The number of nitrogens with one attached hydrogen (secondary N) is 1. The van der Waals surface area contributed by atoms with Gasteiger partial charge in [-0.25, -0.2) is 0 Å². The Kier molecular flexibility index (Phi) is 5.70. The largest absolute Gasteiger partial charge is 0.313 e. The van der Waals surface area contributed by atoms with Crippen LogP contribution < -0.4 is 5.32 Å². The van der Waals surface area contributed by atoms with Crippen LogP contribution in [-0.4, -0.2) is 31.6 Å². The Labute approximate surface area is 129 Å². The lowest BCUT2D eigenvalue weighted by Gasteiger charge is -2.35. The highest BCUT2D eigenvalue weighted by molar-refractivity contribution is 9.10. The van der Waals surface area contributed by atoms with Gasteiger partial charge in [0.15, 0.2) is 0 Å². The molecule has 0 aliphatic heterocycles. The molecule has 0 bridgehead atoms. The van der Waals surface area contributed by atoms with Crippen LogP contribution in [0.4, 0.5) is 0 Å². The number of benzene rings is 1. The van der Waals surface area contributed by atoms with Gasteiger partial charge < -0.3 is 10.2 Å². The summed E-state index contributed by atoms with van der Waals surface area (Å²) in [5, 5.41) is 4.22. The lowest BCUT2D eigenvalue weighted by molar-refractivity contribution is 0.153. The normalized spacial score (nSPS) is 17.5. The predicted octanol–water partition coefficient (Wildman–Crippen LogP) is 4.24. The van der Waals surface area contributed by atoms with Crippen LogP contribution in [0.3, 0.4) is 0 Å². The fourth-order valence-electron chi connectivity index (χ4n) is 2.58. The maximum Gasteiger partial charge on any atom is 0.0465 e. The molecule has 0 radical (unpaired) electrons. The quantitative estimate of drug-likeness (QED) is 0.829. The molecule has 1 aliphatic rings. The molecule has 1 fully saturated rings. The van der Waals surface area contributed by atoms with E-state index in [-0.39, 0.29) is 0 Å². The van der Waals surface area contributed by atoms with E-state index < -0.39 is 0 Å². The highest BCUT2D eigenvalue weighted by Gasteiger charge is 2.22. The third kappa shape index (κ3) is 3.94. The number of rotatable bonds is 6. The second kappa shape index (κ2) is 7.07. The summed E-state index contributed by atoms with van der Waals surface area (Å²) in [5.41, 5.74) is 1.19. The Morgan fingerprint density at radius 1 is 1.47 bits per heavy atom. The SMILES string of the molecule is CNC(CCN(C)C1CCC1)c1ccc(Br)cc1Cl. The summed E-state index contributed by atoms with van der Waals surface area (Å²) in [6.07, 6.45) is 5.20. The van der Waals surface area contributed by atoms with E-state index in [2.05, 4.69) is 45.3 Å². The van der Waals surface area contributed by atoms with E-state index in [0.29, 0.717) is 6.04 Å². The summed E-state index contributed by atoms with van der Waals surface area (Å²) >= 11 is 9.79. The Morgan fingerprint density at radius 2 is 2.21 bits per heavy atom. The highest BCUT2D eigenvalue weighted by Crippen LogP contribution is 2.29. The van der Waals surface area contributed by atoms with Crippen molar-refractivity contribution in [2.75, 3.05) is 20.6 Å². The van der Waals surface area contributed by atoms with Gasteiger partial charge in [0, 0.05) is 21.6 Å². The second-order valence-corrected chi connectivity index (χ2v) is 6.68. The van der Waals surface area contributed by atoms with Gasteiger partial charge in [0.05, 0.1) is 0 Å². The Balaban J connectivity index is 1.95. The molecular weight excluding hydrogens is 324 g/mol. The summed E-state index contributed by atoms with van der Waals surface area (Å²) in [5.74, 6) is 0. The molecule has 106 valence electrons. The van der Waals surface area contributed by atoms with E-state index in [1.807, 2.05) is 13.1 Å². The van der Waals surface area contributed by atoms with Crippen molar-refractivity contribution in [3.05, 3.63) is 33.3 Å². The fourth-order valence-corrected chi connectivity index (χ4v) is 3.39. The van der Waals surface area contributed by atoms with Crippen molar-refractivity contribution >= 4 is 27.5 Å². The molecule has 1 N–H and O–H groups in total. The van der Waals surface area contributed by atoms with Gasteiger partial charge in [-0.2, -0.15) is 0 Å². The zero-order valence-corrected chi connectivity index (χ0v) is 14.0. The average Bonchev–Trinajstić information content (AvgIpc) is 2.29. The van der Waals surface area contributed by atoms with Crippen molar-refractivity contribution in [1.29, 1.82) is 0 Å². The van der Waals surface area contributed by atoms with Gasteiger partial charge in [-0.3, -0.25) is 0 Å². The van der Waals surface area contributed by atoms with E-state index >= 15 is 0 Å². The molecule has 0 amide bonds. The van der Waals surface area contributed by atoms with Crippen LogP contribution in [0.15, 0.2) is 22.7 Å². The number of halogens is 2. The molecular formula is C15H22BrClN2. The molecule has 1 aliphatic carbocycles. The molecule has 1 atom stereocenters. The average molecular weight is 346 g/mol. The lowest BCUT2D eigenvalue weighted by atomic mass is 9.91. The Bertz CT molecular complexity index is 421. The first kappa shape index (κ1) is 15.3. The minimum absolute atomic E-state index is 0.322. The van der Waals surface area contributed by atoms with E-state index in [4.69, 9.17) is 11.6 Å². The van der Waals surface area contributed by atoms with Crippen molar-refractivity contribution in [2.24, 2.45) is 0 Å². The molecule has 0 saturated heterocycles. The Hall–Kier alpha value is -0.0900. The number of nitrogens with zero attached hydrogens (tertiary/aromatic N) is 1. The van der Waals surface area contributed by atoms with E-state index in [1.165, 1.54) is 24.8 Å². The zero-order valence-electron chi connectivity index (χ0n) is 11.6. The fraction of sp³-hybridized carbons (Fsp3) is 0.600. The molecule has 1 aromatic carbocycles. The smallest absolute Gasteiger partial charge is 0.0465 e. The molecule has 2 rings (SSSR count). The van der Waals surface area contributed by atoms with Crippen LogP contribution in [0.2, 0.25) is 5.02 Å². The monoisotopic (exact) mass is 344 g/mol. The van der Waals surface area contributed by atoms with Crippen molar-refractivity contribution < 1.29 is 0 Å². The molecule has 1 aromatic rings. The molecule has 4 heteroatoms. The molecule has 19 heavy (non-hydrogen) atoms. The van der Waals surface area contributed by atoms with Gasteiger partial charge in [0.25, 0.3) is 0 Å². The van der Waals surface area contributed by atoms with Gasteiger partial charge in [-0.15, -0.1) is 0 Å². The number of hydrogen-bond donors (Lipinski definition) is 1. The third-order valence-corrected chi connectivity index (χ3v) is 4.98. The molecule has 0 spiro atoms. The topological polar surface area (TPSA) is 15.3 Å². The standard InChI is InChI=1S/C15H22BrClN2/c1-18-15(8-9-19(2)12-4-3-5-12)13-7-6-11(16)10-14(13)17/h6-7,10,12,15,18H,3-5,8-9H2,1-2H3. The minimum Gasteiger partial charge on any atom is -0.313 e. The predicted molar refractivity (Wildman–Crippen MR) is 85.8 cm³/mol. The van der Waals surface area contributed by atoms with Gasteiger partial charge in [0.1, 0.15) is 0 Å². The van der Waals surface area contributed by atoms with Crippen LogP contribution in [0.1, 0.15) is 37.3 Å². The highest BCUT2D eigenvalue weighted by atomic mass is 79.9. The molecule has 1 saturated carbocycles. The Morgan fingerprint density at radius 3 is 2.74 bits per heavy atom. The van der Waals surface area contributed by atoms with Crippen molar-refractivity contribution in [3.63, 3.8) is 0 Å². The van der Waals surface area contributed by atoms with E-state index in [1.54, 1.807) is 0 Å². The molecule has 2 nitrogen and oxygen atoms in total. The molecule has 0 aromatic heterocycles. The van der Waals surface area contributed by atoms with Crippen LogP contribution in [0.5, 0.6) is 0 Å². The summed E-state index contributed by atoms with van der Waals surface area (Å²) in [4.78, 5) is 2.49. The van der Waals surface area contributed by atoms with Crippen LogP contribution >= 0.6 is 27.5 Å². The number of hydrogen-bond acceptors (Lipinski definition) is 2. The maximum atomic E-state index is 6.34. The second-order valence-electron chi connectivity index (χ2n) is 5.36. The van der Waals surface area contributed by atoms with Crippen LogP contribution in [0, 0.1) is 0 Å². The summed E-state index contributed by atoms with van der Waals surface area (Å²) < 4.78 is 1.03. The first-order valence-electron chi connectivity index (χ1n) is 6.94. The van der Waals surface area contributed by atoms with E-state index in [0.717, 1.165) is 28.5 Å². The van der Waals surface area contributed by atoms with E-state index in [9.17, 15) is 0 Å². The van der Waals surface area contributed by atoms with Gasteiger partial charge >= 0.3 is 0 Å². The van der Waals surface area contributed by atoms with Crippen LogP contribution in [-0.2, 0) is 0 Å². The summed E-state index contributed by atoms with van der Waals surface area (Å²) in [7, 11) is 4.24. The van der Waals surface area contributed by atoms with Crippen molar-refractivity contribution in [3.8, 4) is 0 Å². The maximum absolute atomic E-state index is 6.34. The minimum atomic E-state index is 0.322. The summed E-state index contributed by atoms with van der Waals surface area (Å²) in [6.45, 7) is 1.11. The van der Waals surface area contributed by atoms with Crippen molar-refractivity contribution in [2.45, 2.75) is 37.8 Å². The van der Waals surface area contributed by atoms with Crippen molar-refractivity contribution in [1.82, 2.24) is 10.2 Å². The summed E-state index contributed by atoms with van der Waals surface area (Å²) in [6, 6.07) is 7.26. The van der Waals surface area contributed by atoms with Gasteiger partial charge in [0.2, 0.25) is 0 Å². The van der Waals surface area contributed by atoms with Gasteiger partial charge in [-0.05, 0) is 57.6 Å². The first-order valence-corrected chi connectivity index (χ1v) is 8.11. The lowest BCUT2D eigenvalue weighted by Crippen LogP contribution is -2.38. The zero-order chi connectivity index (χ0) is 13.8. The van der Waals surface area contributed by atoms with Crippen LogP contribution in [0.25, 0.3) is 0 Å². The third-order valence-electron chi connectivity index (χ3n) is 4.15.